The van der Waals surface area contributed by atoms with E-state index in [9.17, 15) is 4.79 Å². The van der Waals surface area contributed by atoms with E-state index in [1.165, 1.54) is 0 Å². The zero-order chi connectivity index (χ0) is 26.9. The molecule has 1 fully saturated rings. The summed E-state index contributed by atoms with van der Waals surface area (Å²) in [5.74, 6) is 0. The number of nitrogens with two attached hydrogens (primary N) is 1. The molecule has 0 radical (unpaired) electrons. The number of hydrogen-bond donors (Lipinski definition) is 1. The lowest BCUT2D eigenvalue weighted by molar-refractivity contribution is -0.00238. The van der Waals surface area contributed by atoms with E-state index in [4.69, 9.17) is 26.5 Å². The van der Waals surface area contributed by atoms with Crippen molar-refractivity contribution in [2.75, 3.05) is 5.73 Å². The van der Waals surface area contributed by atoms with Gasteiger partial charge in [0.1, 0.15) is 5.60 Å². The Bertz CT molecular complexity index is 1040. The van der Waals surface area contributed by atoms with E-state index in [0.29, 0.717) is 5.02 Å². The highest BCUT2D eigenvalue weighted by molar-refractivity contribution is 6.74. The number of likely N-dealkylation sites (tertiary alicyclic amines) is 1. The van der Waals surface area contributed by atoms with E-state index in [1.54, 1.807) is 0 Å². The molecule has 1 aliphatic heterocycles. The number of hydrogen-bond acceptors (Lipinski definition) is 4. The third kappa shape index (κ3) is 7.05. The zero-order valence-corrected chi connectivity index (χ0v) is 24.9. The van der Waals surface area contributed by atoms with Gasteiger partial charge in [-0.05, 0) is 93.6 Å². The summed E-state index contributed by atoms with van der Waals surface area (Å²) in [6.07, 6.45) is 1.83. The maximum absolute atomic E-state index is 13.7. The highest BCUT2D eigenvalue weighted by Gasteiger charge is 2.47. The Morgan fingerprint density at radius 2 is 1.72 bits per heavy atom. The maximum Gasteiger partial charge on any atom is 0.410 e. The Balaban J connectivity index is 2.03. The van der Waals surface area contributed by atoms with Crippen LogP contribution >= 0.6 is 11.6 Å². The summed E-state index contributed by atoms with van der Waals surface area (Å²) in [6.45, 7) is 16.9. The summed E-state index contributed by atoms with van der Waals surface area (Å²) >= 11 is 6.43. The lowest BCUT2D eigenvalue weighted by Crippen LogP contribution is -2.50. The molecule has 1 saturated heterocycles. The van der Waals surface area contributed by atoms with Crippen molar-refractivity contribution in [1.82, 2.24) is 4.90 Å². The molecule has 0 aromatic heterocycles. The second kappa shape index (κ2) is 10.8. The van der Waals surface area contributed by atoms with Crippen molar-refractivity contribution in [1.29, 1.82) is 0 Å². The first kappa shape index (κ1) is 28.5. The van der Waals surface area contributed by atoms with Crippen LogP contribution in [0.15, 0.2) is 48.5 Å². The van der Waals surface area contributed by atoms with Crippen LogP contribution in [0.1, 0.15) is 71.6 Å². The van der Waals surface area contributed by atoms with E-state index >= 15 is 0 Å². The topological polar surface area (TPSA) is 64.8 Å². The molecule has 1 heterocycles. The minimum atomic E-state index is -2.19. The van der Waals surface area contributed by atoms with Gasteiger partial charge in [0.2, 0.25) is 0 Å². The second-order valence-electron chi connectivity index (χ2n) is 12.5. The van der Waals surface area contributed by atoms with Gasteiger partial charge in [-0.25, -0.2) is 4.79 Å². The van der Waals surface area contributed by atoms with Crippen molar-refractivity contribution >= 4 is 31.7 Å². The van der Waals surface area contributed by atoms with Crippen LogP contribution in [0.2, 0.25) is 23.2 Å². The molecule has 2 aromatic rings. The lowest BCUT2D eigenvalue weighted by Gasteiger charge is -2.43. The fraction of sp³-hybridized carbons (Fsp3) is 0.552. The maximum atomic E-state index is 13.7. The van der Waals surface area contributed by atoms with E-state index in [0.717, 1.165) is 36.1 Å². The predicted molar refractivity (Wildman–Crippen MR) is 152 cm³/mol. The van der Waals surface area contributed by atoms with Crippen LogP contribution in [0.5, 0.6) is 0 Å². The molecular formula is C29H43ClN2O3Si. The molecule has 1 amide bonds. The number of nitrogens with zero attached hydrogens (tertiary/aromatic N) is 1. The Morgan fingerprint density at radius 3 is 2.28 bits per heavy atom. The van der Waals surface area contributed by atoms with Crippen LogP contribution in [-0.4, -0.2) is 37.0 Å². The molecule has 0 bridgehead atoms. The normalized spacial score (nSPS) is 19.9. The molecule has 0 aliphatic carbocycles. The molecule has 7 heteroatoms. The smallest absolute Gasteiger partial charge is 0.410 e. The number of carbonyl (C=O) groups is 1. The van der Waals surface area contributed by atoms with Crippen LogP contribution in [0, 0.1) is 0 Å². The third-order valence-electron chi connectivity index (χ3n) is 7.36. The van der Waals surface area contributed by atoms with Crippen molar-refractivity contribution in [3.8, 4) is 0 Å². The Hall–Kier alpha value is -2.02. The lowest BCUT2D eigenvalue weighted by atomic mass is 10.0. The number of ether oxygens (including phenoxy) is 1. The van der Waals surface area contributed by atoms with Crippen LogP contribution < -0.4 is 5.73 Å². The minimum absolute atomic E-state index is 0.00169. The van der Waals surface area contributed by atoms with Gasteiger partial charge in [0, 0.05) is 16.8 Å². The van der Waals surface area contributed by atoms with Crippen LogP contribution in [0.25, 0.3) is 0 Å². The number of nitrogen functional groups attached to an aromatic ring is 1. The van der Waals surface area contributed by atoms with Gasteiger partial charge in [0.05, 0.1) is 12.1 Å². The van der Waals surface area contributed by atoms with Gasteiger partial charge in [-0.2, -0.15) is 0 Å². The molecule has 1 aliphatic rings. The van der Waals surface area contributed by atoms with Crippen LogP contribution in [0.4, 0.5) is 10.5 Å². The van der Waals surface area contributed by atoms with Crippen LogP contribution in [-0.2, 0) is 15.6 Å². The average Bonchev–Trinajstić information content (AvgIpc) is 3.15. The molecular weight excluding hydrogens is 488 g/mol. The largest absolute Gasteiger partial charge is 0.444 e. The highest BCUT2D eigenvalue weighted by atomic mass is 35.5. The summed E-state index contributed by atoms with van der Waals surface area (Å²) in [5, 5.41) is 0.680. The molecule has 0 saturated carbocycles. The minimum Gasteiger partial charge on any atom is -0.444 e. The Labute approximate surface area is 223 Å². The van der Waals surface area contributed by atoms with Crippen molar-refractivity contribution < 1.29 is 14.0 Å². The highest BCUT2D eigenvalue weighted by Crippen LogP contribution is 2.44. The summed E-state index contributed by atoms with van der Waals surface area (Å²) in [6, 6.07) is 15.6. The molecule has 2 aromatic carbocycles. The SMILES string of the molecule is CC(C)(C)OC(=O)N1C(Cc2ccc(N)cc2)CC[C@@H]1[C@H](O[Si](C)(C)C(C)(C)C)c1cccc(Cl)c1. The van der Waals surface area contributed by atoms with E-state index in [-0.39, 0.29) is 29.3 Å². The van der Waals surface area contributed by atoms with E-state index < -0.39 is 13.9 Å². The molecule has 198 valence electrons. The van der Waals surface area contributed by atoms with Gasteiger partial charge in [-0.1, -0.05) is 56.6 Å². The van der Waals surface area contributed by atoms with E-state index in [1.807, 2.05) is 68.1 Å². The van der Waals surface area contributed by atoms with Crippen LogP contribution in [0.3, 0.4) is 0 Å². The van der Waals surface area contributed by atoms with Crippen molar-refractivity contribution in [2.45, 2.75) is 103 Å². The number of carbonyl (C=O) groups excluding carboxylic acids is 1. The first-order valence-electron chi connectivity index (χ1n) is 12.9. The fourth-order valence-corrected chi connectivity index (χ4v) is 5.96. The Morgan fingerprint density at radius 1 is 1.08 bits per heavy atom. The molecule has 36 heavy (non-hydrogen) atoms. The predicted octanol–water partition coefficient (Wildman–Crippen LogP) is 8.00. The van der Waals surface area contributed by atoms with Gasteiger partial charge < -0.3 is 14.9 Å². The molecule has 3 atom stereocenters. The van der Waals surface area contributed by atoms with Gasteiger partial charge in [0.15, 0.2) is 8.32 Å². The van der Waals surface area contributed by atoms with Crippen molar-refractivity contribution in [2.24, 2.45) is 0 Å². The number of benzene rings is 2. The Kier molecular flexibility index (Phi) is 8.53. The molecule has 3 rings (SSSR count). The monoisotopic (exact) mass is 530 g/mol. The number of anilines is 1. The number of halogens is 1. The quantitative estimate of drug-likeness (QED) is 0.303. The average molecular weight is 531 g/mol. The summed E-state index contributed by atoms with van der Waals surface area (Å²) in [4.78, 5) is 15.6. The van der Waals surface area contributed by atoms with Gasteiger partial charge in [0.25, 0.3) is 0 Å². The first-order valence-corrected chi connectivity index (χ1v) is 16.1. The zero-order valence-electron chi connectivity index (χ0n) is 23.1. The number of rotatable bonds is 6. The van der Waals surface area contributed by atoms with E-state index in [2.05, 4.69) is 39.9 Å². The number of amides is 1. The van der Waals surface area contributed by atoms with Gasteiger partial charge >= 0.3 is 6.09 Å². The fourth-order valence-electron chi connectivity index (χ4n) is 4.48. The molecule has 5 nitrogen and oxygen atoms in total. The summed E-state index contributed by atoms with van der Waals surface area (Å²) in [7, 11) is -2.19. The first-order chi connectivity index (χ1) is 16.6. The van der Waals surface area contributed by atoms with Gasteiger partial charge in [-0.15, -0.1) is 0 Å². The standard InChI is InChI=1S/C29H43ClN2O3Si/c1-28(2,3)34-27(33)32-24(18-20-12-14-23(31)15-13-20)16-17-25(32)26(21-10-9-11-22(30)19-21)35-36(7,8)29(4,5)6/h9-15,19,24-26H,16-18,31H2,1-8H3/t24?,25-,26-/m1/s1. The summed E-state index contributed by atoms with van der Waals surface area (Å²) < 4.78 is 13.0. The summed E-state index contributed by atoms with van der Waals surface area (Å²) in [5.41, 5.74) is 8.19. The van der Waals surface area contributed by atoms with Gasteiger partial charge in [-0.3, -0.25) is 4.90 Å². The van der Waals surface area contributed by atoms with Crippen molar-refractivity contribution in [3.05, 3.63) is 64.7 Å². The molecule has 1 unspecified atom stereocenters. The molecule has 0 spiro atoms. The third-order valence-corrected chi connectivity index (χ3v) is 12.0. The molecule has 2 N–H and O–H groups in total. The second-order valence-corrected chi connectivity index (χ2v) is 17.7. The van der Waals surface area contributed by atoms with Crippen molar-refractivity contribution in [3.63, 3.8) is 0 Å².